The summed E-state index contributed by atoms with van der Waals surface area (Å²) in [6.07, 6.45) is 3.87. The molecule has 0 N–H and O–H groups in total. The van der Waals surface area contributed by atoms with Gasteiger partial charge in [0.1, 0.15) is 0 Å². The molecule has 2 rings (SSSR count). The second-order valence-corrected chi connectivity index (χ2v) is 3.85. The lowest BCUT2D eigenvalue weighted by Crippen LogP contribution is -2.03. The summed E-state index contributed by atoms with van der Waals surface area (Å²) < 4.78 is 0. The lowest BCUT2D eigenvalue weighted by molar-refractivity contribution is 0.0988. The fourth-order valence-corrected chi connectivity index (χ4v) is 1.82. The van der Waals surface area contributed by atoms with Crippen LogP contribution in [0.15, 0.2) is 36.7 Å². The number of carbonyl (C=O) groups is 1. The van der Waals surface area contributed by atoms with Crippen LogP contribution in [0.4, 0.5) is 0 Å². The third kappa shape index (κ3) is 2.23. The Morgan fingerprint density at radius 2 is 1.88 bits per heavy atom. The summed E-state index contributed by atoms with van der Waals surface area (Å²) in [6.45, 7) is 3.83. The third-order valence-electron chi connectivity index (χ3n) is 2.68. The van der Waals surface area contributed by atoms with Gasteiger partial charge in [0.15, 0.2) is 11.6 Å². The van der Waals surface area contributed by atoms with Crippen molar-refractivity contribution in [3.05, 3.63) is 47.8 Å². The average Bonchev–Trinajstić information content (AvgIpc) is 2.38. The summed E-state index contributed by atoms with van der Waals surface area (Å²) in [7, 11) is 0. The fourth-order valence-electron chi connectivity index (χ4n) is 1.82. The van der Waals surface area contributed by atoms with Crippen molar-refractivity contribution in [3.63, 3.8) is 0 Å². The van der Waals surface area contributed by atoms with E-state index in [1.54, 1.807) is 18.5 Å². The zero-order chi connectivity index (χ0) is 12.3. The highest BCUT2D eigenvalue weighted by molar-refractivity contribution is 6.02. The predicted molar refractivity (Wildman–Crippen MR) is 66.8 cm³/mol. The molecule has 0 aliphatic rings. The first-order valence-electron chi connectivity index (χ1n) is 5.64. The summed E-state index contributed by atoms with van der Waals surface area (Å²) in [5, 5.41) is 0. The third-order valence-corrected chi connectivity index (χ3v) is 2.68. The molecule has 0 radical (unpaired) electrons. The molecule has 0 atom stereocenters. The van der Waals surface area contributed by atoms with Crippen LogP contribution in [0, 0.1) is 6.92 Å². The van der Waals surface area contributed by atoms with Crippen molar-refractivity contribution >= 4 is 5.78 Å². The van der Waals surface area contributed by atoms with Crippen LogP contribution in [0.25, 0.3) is 11.4 Å². The fraction of sp³-hybridized carbons (Fsp3) is 0.214. The molecule has 1 aromatic carbocycles. The van der Waals surface area contributed by atoms with E-state index in [0.717, 1.165) is 11.1 Å². The van der Waals surface area contributed by atoms with E-state index in [2.05, 4.69) is 9.97 Å². The molecule has 86 valence electrons. The van der Waals surface area contributed by atoms with Crippen LogP contribution in [0.1, 0.15) is 29.3 Å². The summed E-state index contributed by atoms with van der Waals surface area (Å²) in [4.78, 5) is 20.4. The van der Waals surface area contributed by atoms with Gasteiger partial charge < -0.3 is 0 Å². The van der Waals surface area contributed by atoms with Crippen LogP contribution >= 0.6 is 0 Å². The smallest absolute Gasteiger partial charge is 0.163 e. The van der Waals surface area contributed by atoms with Crippen molar-refractivity contribution < 1.29 is 4.79 Å². The van der Waals surface area contributed by atoms with Gasteiger partial charge in [-0.3, -0.25) is 4.79 Å². The van der Waals surface area contributed by atoms with Crippen molar-refractivity contribution in [3.8, 4) is 11.4 Å². The molecule has 0 bridgehead atoms. The van der Waals surface area contributed by atoms with E-state index in [1.807, 2.05) is 32.0 Å². The standard InChI is InChI=1S/C14H14N2O/c1-3-12(17)11-7-4-6-10(2)13(11)14-15-8-5-9-16-14/h4-9H,3H2,1-2H3. The van der Waals surface area contributed by atoms with Crippen molar-refractivity contribution in [1.82, 2.24) is 9.97 Å². The quantitative estimate of drug-likeness (QED) is 0.755. The van der Waals surface area contributed by atoms with Crippen LogP contribution in [0.2, 0.25) is 0 Å². The van der Waals surface area contributed by atoms with Gasteiger partial charge in [-0.1, -0.05) is 25.1 Å². The zero-order valence-electron chi connectivity index (χ0n) is 9.97. The first-order chi connectivity index (χ1) is 8.24. The second kappa shape index (κ2) is 4.87. The SMILES string of the molecule is CCC(=O)c1cccc(C)c1-c1ncccn1. The van der Waals surface area contributed by atoms with Crippen molar-refractivity contribution in [1.29, 1.82) is 0 Å². The molecule has 2 aromatic rings. The van der Waals surface area contributed by atoms with Gasteiger partial charge in [-0.05, 0) is 18.6 Å². The molecule has 3 nitrogen and oxygen atoms in total. The van der Waals surface area contributed by atoms with Gasteiger partial charge in [-0.2, -0.15) is 0 Å². The van der Waals surface area contributed by atoms with E-state index in [-0.39, 0.29) is 5.78 Å². The van der Waals surface area contributed by atoms with Gasteiger partial charge in [0.05, 0.1) is 0 Å². The van der Waals surface area contributed by atoms with E-state index in [1.165, 1.54) is 0 Å². The molecule has 0 aliphatic heterocycles. The lowest BCUT2D eigenvalue weighted by atomic mass is 9.97. The van der Waals surface area contributed by atoms with E-state index in [9.17, 15) is 4.79 Å². The van der Waals surface area contributed by atoms with Gasteiger partial charge in [-0.15, -0.1) is 0 Å². The minimum absolute atomic E-state index is 0.121. The van der Waals surface area contributed by atoms with Crippen LogP contribution < -0.4 is 0 Å². The molecule has 1 heterocycles. The largest absolute Gasteiger partial charge is 0.294 e. The van der Waals surface area contributed by atoms with E-state index in [0.29, 0.717) is 17.8 Å². The highest BCUT2D eigenvalue weighted by atomic mass is 16.1. The monoisotopic (exact) mass is 226 g/mol. The molecule has 0 unspecified atom stereocenters. The maximum absolute atomic E-state index is 11.9. The molecule has 0 aliphatic carbocycles. The second-order valence-electron chi connectivity index (χ2n) is 3.85. The molecule has 0 spiro atoms. The van der Waals surface area contributed by atoms with E-state index in [4.69, 9.17) is 0 Å². The number of nitrogens with zero attached hydrogens (tertiary/aromatic N) is 2. The maximum atomic E-state index is 11.9. The molecule has 0 fully saturated rings. The van der Waals surface area contributed by atoms with Crippen molar-refractivity contribution in [2.24, 2.45) is 0 Å². The molecule has 0 saturated heterocycles. The number of hydrogen-bond donors (Lipinski definition) is 0. The number of ketones is 1. The number of hydrogen-bond acceptors (Lipinski definition) is 3. The Kier molecular flexibility index (Phi) is 3.28. The minimum Gasteiger partial charge on any atom is -0.294 e. The Morgan fingerprint density at radius 3 is 2.53 bits per heavy atom. The van der Waals surface area contributed by atoms with Crippen LogP contribution in [0.3, 0.4) is 0 Å². The number of Topliss-reactive ketones (excluding diaryl/α,β-unsaturated/α-hetero) is 1. The highest BCUT2D eigenvalue weighted by Crippen LogP contribution is 2.25. The first-order valence-corrected chi connectivity index (χ1v) is 5.64. The Morgan fingerprint density at radius 1 is 1.18 bits per heavy atom. The number of aromatic nitrogens is 2. The van der Waals surface area contributed by atoms with Crippen molar-refractivity contribution in [2.45, 2.75) is 20.3 Å². The lowest BCUT2D eigenvalue weighted by Gasteiger charge is -2.09. The van der Waals surface area contributed by atoms with Crippen LogP contribution in [-0.2, 0) is 0 Å². The molecule has 0 amide bonds. The molecular formula is C14H14N2O. The summed E-state index contributed by atoms with van der Waals surface area (Å²) in [6, 6.07) is 7.47. The summed E-state index contributed by atoms with van der Waals surface area (Å²) >= 11 is 0. The number of aryl methyl sites for hydroxylation is 1. The number of rotatable bonds is 3. The molecule has 0 saturated carbocycles. The number of carbonyl (C=O) groups excluding carboxylic acids is 1. The minimum atomic E-state index is 0.121. The first kappa shape index (κ1) is 11.5. The average molecular weight is 226 g/mol. The summed E-state index contributed by atoms with van der Waals surface area (Å²) in [5.74, 6) is 0.735. The molecule has 3 heteroatoms. The zero-order valence-corrected chi connectivity index (χ0v) is 9.97. The van der Waals surface area contributed by atoms with Gasteiger partial charge in [-0.25, -0.2) is 9.97 Å². The van der Waals surface area contributed by atoms with E-state index >= 15 is 0 Å². The maximum Gasteiger partial charge on any atom is 0.163 e. The molecule has 1 aromatic heterocycles. The van der Waals surface area contributed by atoms with Gasteiger partial charge in [0.25, 0.3) is 0 Å². The van der Waals surface area contributed by atoms with Gasteiger partial charge in [0, 0.05) is 29.9 Å². The summed E-state index contributed by atoms with van der Waals surface area (Å²) in [5.41, 5.74) is 2.58. The number of benzene rings is 1. The Bertz CT molecular complexity index is 535. The Balaban J connectivity index is 2.64. The molecular weight excluding hydrogens is 212 g/mol. The Labute approximate surface area is 101 Å². The van der Waals surface area contributed by atoms with Crippen molar-refractivity contribution in [2.75, 3.05) is 0 Å². The van der Waals surface area contributed by atoms with Crippen LogP contribution in [0.5, 0.6) is 0 Å². The van der Waals surface area contributed by atoms with Gasteiger partial charge >= 0.3 is 0 Å². The van der Waals surface area contributed by atoms with Crippen LogP contribution in [-0.4, -0.2) is 15.8 Å². The predicted octanol–water partition coefficient (Wildman–Crippen LogP) is 3.04. The topological polar surface area (TPSA) is 42.9 Å². The highest BCUT2D eigenvalue weighted by Gasteiger charge is 2.14. The normalized spacial score (nSPS) is 10.2. The Hall–Kier alpha value is -2.03. The molecule has 17 heavy (non-hydrogen) atoms. The van der Waals surface area contributed by atoms with Gasteiger partial charge in [0.2, 0.25) is 0 Å². The van der Waals surface area contributed by atoms with E-state index < -0.39 is 0 Å².